The van der Waals surface area contributed by atoms with E-state index in [1.807, 2.05) is 12.1 Å². The number of nitrogens with one attached hydrogen (secondary N) is 1. The smallest absolute Gasteiger partial charge is 0.251 e. The van der Waals surface area contributed by atoms with Crippen molar-refractivity contribution < 1.29 is 4.79 Å². The Bertz CT molecular complexity index is 797. The monoisotopic (exact) mass is 378 g/mol. The Balaban J connectivity index is 1.62. The molecule has 1 amide bonds. The molecular weight excluding hydrogens is 344 g/mol. The van der Waals surface area contributed by atoms with Crippen molar-refractivity contribution in [3.63, 3.8) is 0 Å². The molecule has 1 aliphatic rings. The maximum Gasteiger partial charge on any atom is 0.251 e. The van der Waals surface area contributed by atoms with E-state index in [9.17, 15) is 4.79 Å². The lowest BCUT2D eigenvalue weighted by atomic mass is 9.99. The number of hydrogen-bond donors (Lipinski definition) is 1. The molecular formula is C25H34N2O. The minimum Gasteiger partial charge on any atom is -0.345 e. The number of amides is 1. The second-order valence-corrected chi connectivity index (χ2v) is 8.46. The molecule has 0 aliphatic carbocycles. The summed E-state index contributed by atoms with van der Waals surface area (Å²) in [5.74, 6) is 0.790. The van der Waals surface area contributed by atoms with Crippen LogP contribution in [0.4, 0.5) is 0 Å². The molecule has 1 heterocycles. The third-order valence-electron chi connectivity index (χ3n) is 6.01. The Kier molecular flexibility index (Phi) is 6.90. The fourth-order valence-electron chi connectivity index (χ4n) is 4.09. The third-order valence-corrected chi connectivity index (χ3v) is 6.01. The Labute approximate surface area is 170 Å². The van der Waals surface area contributed by atoms with Crippen LogP contribution in [0.1, 0.15) is 71.8 Å². The lowest BCUT2D eigenvalue weighted by Crippen LogP contribution is -2.33. The summed E-state index contributed by atoms with van der Waals surface area (Å²) in [7, 11) is 0. The first-order chi connectivity index (χ1) is 13.5. The van der Waals surface area contributed by atoms with E-state index in [4.69, 9.17) is 0 Å². The van der Waals surface area contributed by atoms with Crippen LogP contribution in [0.15, 0.2) is 42.5 Å². The SMILES string of the molecule is CC[C@H](NC(=O)c1ccc(CN2CCC[C@H](C)C2)cc1)c1ccc(C)c(C)c1. The molecule has 3 heteroatoms. The highest BCUT2D eigenvalue weighted by molar-refractivity contribution is 5.94. The van der Waals surface area contributed by atoms with Gasteiger partial charge >= 0.3 is 0 Å². The first-order valence-corrected chi connectivity index (χ1v) is 10.7. The molecule has 3 rings (SSSR count). The van der Waals surface area contributed by atoms with E-state index in [0.717, 1.165) is 24.4 Å². The van der Waals surface area contributed by atoms with Crippen LogP contribution in [0.3, 0.4) is 0 Å². The first-order valence-electron chi connectivity index (χ1n) is 10.7. The Morgan fingerprint density at radius 1 is 1.14 bits per heavy atom. The molecule has 3 nitrogen and oxygen atoms in total. The predicted molar refractivity (Wildman–Crippen MR) is 117 cm³/mol. The molecule has 0 saturated carbocycles. The van der Waals surface area contributed by atoms with Crippen LogP contribution >= 0.6 is 0 Å². The van der Waals surface area contributed by atoms with Crippen molar-refractivity contribution in [2.75, 3.05) is 13.1 Å². The van der Waals surface area contributed by atoms with Gasteiger partial charge < -0.3 is 5.32 Å². The van der Waals surface area contributed by atoms with Crippen molar-refractivity contribution in [1.82, 2.24) is 10.2 Å². The average Bonchev–Trinajstić information content (AvgIpc) is 2.69. The molecule has 2 aromatic rings. The molecule has 0 spiro atoms. The van der Waals surface area contributed by atoms with Gasteiger partial charge in [-0.25, -0.2) is 0 Å². The number of carbonyl (C=O) groups is 1. The maximum absolute atomic E-state index is 12.8. The molecule has 150 valence electrons. The van der Waals surface area contributed by atoms with Crippen molar-refractivity contribution in [2.45, 2.75) is 59.5 Å². The van der Waals surface area contributed by atoms with Crippen molar-refractivity contribution in [2.24, 2.45) is 5.92 Å². The Morgan fingerprint density at radius 3 is 2.54 bits per heavy atom. The van der Waals surface area contributed by atoms with Crippen molar-refractivity contribution in [1.29, 1.82) is 0 Å². The summed E-state index contributed by atoms with van der Waals surface area (Å²) in [5.41, 5.74) is 5.74. The summed E-state index contributed by atoms with van der Waals surface area (Å²) >= 11 is 0. The van der Waals surface area contributed by atoms with Crippen LogP contribution in [-0.2, 0) is 6.54 Å². The minimum absolute atomic E-state index is 0.00298. The highest BCUT2D eigenvalue weighted by Crippen LogP contribution is 2.21. The van der Waals surface area contributed by atoms with Crippen LogP contribution in [0.5, 0.6) is 0 Å². The number of aryl methyl sites for hydroxylation is 2. The fourth-order valence-corrected chi connectivity index (χ4v) is 4.09. The van der Waals surface area contributed by atoms with E-state index in [2.05, 4.69) is 68.2 Å². The molecule has 2 aromatic carbocycles. The van der Waals surface area contributed by atoms with Gasteiger partial charge in [-0.15, -0.1) is 0 Å². The van der Waals surface area contributed by atoms with Gasteiger partial charge in [0.2, 0.25) is 0 Å². The highest BCUT2D eigenvalue weighted by Gasteiger charge is 2.17. The van der Waals surface area contributed by atoms with E-state index in [1.54, 1.807) is 0 Å². The molecule has 1 aliphatic heterocycles. The largest absolute Gasteiger partial charge is 0.345 e. The molecule has 0 bridgehead atoms. The summed E-state index contributed by atoms with van der Waals surface area (Å²) in [6, 6.07) is 14.6. The van der Waals surface area contributed by atoms with Crippen LogP contribution in [0.25, 0.3) is 0 Å². The standard InChI is InChI=1S/C25H34N2O/c1-5-24(23-11-8-19(3)20(4)15-23)26-25(28)22-12-9-21(10-13-22)17-27-14-6-7-18(2)16-27/h8-13,15,18,24H,5-7,14,16-17H2,1-4H3,(H,26,28)/t18-,24-/m0/s1. The Morgan fingerprint density at radius 2 is 1.89 bits per heavy atom. The van der Waals surface area contributed by atoms with Crippen molar-refractivity contribution >= 4 is 5.91 Å². The number of hydrogen-bond acceptors (Lipinski definition) is 2. The zero-order valence-electron chi connectivity index (χ0n) is 17.8. The lowest BCUT2D eigenvalue weighted by molar-refractivity contribution is 0.0935. The van der Waals surface area contributed by atoms with Gasteiger partial charge in [-0.05, 0) is 80.0 Å². The summed E-state index contributed by atoms with van der Waals surface area (Å²) in [6.45, 7) is 12.0. The van der Waals surface area contributed by atoms with Gasteiger partial charge in [0, 0.05) is 18.7 Å². The van der Waals surface area contributed by atoms with Crippen LogP contribution < -0.4 is 5.32 Å². The molecule has 1 saturated heterocycles. The van der Waals surface area contributed by atoms with E-state index in [-0.39, 0.29) is 11.9 Å². The zero-order chi connectivity index (χ0) is 20.1. The summed E-state index contributed by atoms with van der Waals surface area (Å²) in [4.78, 5) is 15.3. The maximum atomic E-state index is 12.8. The van der Waals surface area contributed by atoms with Crippen LogP contribution in [0.2, 0.25) is 0 Å². The van der Waals surface area contributed by atoms with Gasteiger partial charge in [-0.3, -0.25) is 9.69 Å². The number of nitrogens with zero attached hydrogens (tertiary/aromatic N) is 1. The van der Waals surface area contributed by atoms with Gasteiger partial charge in [-0.2, -0.15) is 0 Å². The fraction of sp³-hybridized carbons (Fsp3) is 0.480. The molecule has 1 N–H and O–H groups in total. The summed E-state index contributed by atoms with van der Waals surface area (Å²) in [5, 5.41) is 3.20. The summed E-state index contributed by atoms with van der Waals surface area (Å²) < 4.78 is 0. The molecule has 2 atom stereocenters. The molecule has 0 radical (unpaired) electrons. The zero-order valence-corrected chi connectivity index (χ0v) is 17.8. The minimum atomic E-state index is 0.00298. The third kappa shape index (κ3) is 5.23. The number of piperidine rings is 1. The molecule has 0 aromatic heterocycles. The van der Waals surface area contributed by atoms with Crippen molar-refractivity contribution in [3.05, 3.63) is 70.3 Å². The first kappa shape index (κ1) is 20.6. The van der Waals surface area contributed by atoms with Gasteiger partial charge in [0.25, 0.3) is 5.91 Å². The van der Waals surface area contributed by atoms with E-state index < -0.39 is 0 Å². The van der Waals surface area contributed by atoms with Crippen LogP contribution in [0, 0.1) is 19.8 Å². The second-order valence-electron chi connectivity index (χ2n) is 8.46. The molecule has 0 unspecified atom stereocenters. The number of likely N-dealkylation sites (tertiary alicyclic amines) is 1. The Hall–Kier alpha value is -2.13. The molecule has 28 heavy (non-hydrogen) atoms. The van der Waals surface area contributed by atoms with E-state index >= 15 is 0 Å². The number of rotatable bonds is 6. The normalized spacial score (nSPS) is 18.6. The average molecular weight is 379 g/mol. The van der Waals surface area contributed by atoms with Gasteiger partial charge in [0.15, 0.2) is 0 Å². The lowest BCUT2D eigenvalue weighted by Gasteiger charge is -2.30. The summed E-state index contributed by atoms with van der Waals surface area (Å²) in [6.07, 6.45) is 3.51. The predicted octanol–water partition coefficient (Wildman–Crippen LogP) is 5.42. The van der Waals surface area contributed by atoms with Gasteiger partial charge in [0.1, 0.15) is 0 Å². The van der Waals surface area contributed by atoms with Crippen LogP contribution in [-0.4, -0.2) is 23.9 Å². The highest BCUT2D eigenvalue weighted by atomic mass is 16.1. The van der Waals surface area contributed by atoms with Gasteiger partial charge in [0.05, 0.1) is 6.04 Å². The number of carbonyl (C=O) groups excluding carboxylic acids is 1. The molecule has 1 fully saturated rings. The van der Waals surface area contributed by atoms with Gasteiger partial charge in [-0.1, -0.05) is 44.2 Å². The number of benzene rings is 2. The van der Waals surface area contributed by atoms with Crippen molar-refractivity contribution in [3.8, 4) is 0 Å². The van der Waals surface area contributed by atoms with E-state index in [1.165, 1.54) is 48.2 Å². The topological polar surface area (TPSA) is 32.3 Å². The second kappa shape index (κ2) is 9.38. The quantitative estimate of drug-likeness (QED) is 0.728. The van der Waals surface area contributed by atoms with E-state index in [0.29, 0.717) is 0 Å².